The molecule has 34 heavy (non-hydrogen) atoms. The standard InChI is InChI=1S/C26H19NO7/c1-30-18-11-14(12-19-23(18)32-13-31-19)20-21-22(16-9-5-6-10-17(16)33-26(21)29)34-24(20)25(28)27-15-7-3-2-4-8-15/h2-12,20,24H,13H2,1H3,(H,27,28). The number of amides is 1. The number of benzene rings is 3. The van der Waals surface area contributed by atoms with Crippen LogP contribution >= 0.6 is 0 Å². The van der Waals surface area contributed by atoms with E-state index < -0.39 is 23.6 Å². The van der Waals surface area contributed by atoms with Gasteiger partial charge in [0.1, 0.15) is 11.3 Å². The van der Waals surface area contributed by atoms with Crippen LogP contribution in [0.5, 0.6) is 23.0 Å². The highest BCUT2D eigenvalue weighted by Crippen LogP contribution is 2.49. The van der Waals surface area contributed by atoms with E-state index in [0.29, 0.717) is 45.2 Å². The normalized spacial score (nSPS) is 17.8. The van der Waals surface area contributed by atoms with E-state index >= 15 is 0 Å². The third-order valence-corrected chi connectivity index (χ3v) is 6.00. The van der Waals surface area contributed by atoms with Crippen LogP contribution in [0.4, 0.5) is 5.69 Å². The summed E-state index contributed by atoms with van der Waals surface area (Å²) in [4.78, 5) is 26.6. The number of hydrogen-bond acceptors (Lipinski definition) is 7. The molecule has 3 heterocycles. The Balaban J connectivity index is 1.53. The summed E-state index contributed by atoms with van der Waals surface area (Å²) in [6.45, 7) is 0.0532. The van der Waals surface area contributed by atoms with Crippen molar-refractivity contribution in [2.24, 2.45) is 0 Å². The molecule has 170 valence electrons. The zero-order valence-corrected chi connectivity index (χ0v) is 18.1. The van der Waals surface area contributed by atoms with Gasteiger partial charge in [-0.1, -0.05) is 30.3 Å². The first kappa shape index (κ1) is 20.2. The van der Waals surface area contributed by atoms with Gasteiger partial charge in [-0.05, 0) is 42.0 Å². The van der Waals surface area contributed by atoms with Crippen molar-refractivity contribution in [3.05, 3.63) is 88.3 Å². The number of rotatable bonds is 4. The van der Waals surface area contributed by atoms with Crippen LogP contribution in [0.15, 0.2) is 75.9 Å². The fraction of sp³-hybridized carbons (Fsp3) is 0.154. The van der Waals surface area contributed by atoms with Gasteiger partial charge < -0.3 is 28.7 Å². The second-order valence-electron chi connectivity index (χ2n) is 7.96. The zero-order chi connectivity index (χ0) is 23.2. The highest BCUT2D eigenvalue weighted by molar-refractivity contribution is 5.97. The summed E-state index contributed by atoms with van der Waals surface area (Å²) in [6, 6.07) is 19.6. The third-order valence-electron chi connectivity index (χ3n) is 6.00. The number of ether oxygens (including phenoxy) is 4. The molecule has 1 aromatic heterocycles. The van der Waals surface area contributed by atoms with E-state index in [-0.39, 0.29) is 12.4 Å². The van der Waals surface area contributed by atoms with Gasteiger partial charge in [0.2, 0.25) is 12.5 Å². The number of methoxy groups -OCH3 is 1. The van der Waals surface area contributed by atoms with Gasteiger partial charge in [0, 0.05) is 5.69 Å². The highest BCUT2D eigenvalue weighted by atomic mass is 16.7. The third kappa shape index (κ3) is 3.14. The molecule has 6 rings (SSSR count). The number of carbonyl (C=O) groups is 1. The minimum absolute atomic E-state index is 0.0532. The summed E-state index contributed by atoms with van der Waals surface area (Å²) >= 11 is 0. The number of fused-ring (bicyclic) bond motifs is 4. The van der Waals surface area contributed by atoms with E-state index in [0.717, 1.165) is 0 Å². The molecule has 1 N–H and O–H groups in total. The van der Waals surface area contributed by atoms with Gasteiger partial charge in [-0.25, -0.2) is 4.79 Å². The van der Waals surface area contributed by atoms with E-state index in [1.54, 1.807) is 42.5 Å². The van der Waals surface area contributed by atoms with Gasteiger partial charge in [-0.2, -0.15) is 0 Å². The molecule has 2 aliphatic rings. The Bertz CT molecular complexity index is 1480. The molecule has 4 aromatic rings. The molecule has 2 aliphatic heterocycles. The van der Waals surface area contributed by atoms with Crippen LogP contribution in [0.3, 0.4) is 0 Å². The molecule has 0 aliphatic carbocycles. The van der Waals surface area contributed by atoms with Crippen LogP contribution in [0.2, 0.25) is 0 Å². The lowest BCUT2D eigenvalue weighted by atomic mass is 9.87. The number of para-hydroxylation sites is 2. The molecule has 0 saturated heterocycles. The molecule has 8 nitrogen and oxygen atoms in total. The topological polar surface area (TPSA) is 96.2 Å². The van der Waals surface area contributed by atoms with Crippen LogP contribution in [0.1, 0.15) is 17.0 Å². The van der Waals surface area contributed by atoms with E-state index in [4.69, 9.17) is 23.4 Å². The average Bonchev–Trinajstić information content (AvgIpc) is 3.50. The molecule has 0 bridgehead atoms. The molecule has 3 aromatic carbocycles. The Morgan fingerprint density at radius 3 is 2.62 bits per heavy atom. The van der Waals surface area contributed by atoms with Gasteiger partial charge >= 0.3 is 5.63 Å². The number of carbonyl (C=O) groups excluding carboxylic acids is 1. The number of anilines is 1. The van der Waals surface area contributed by atoms with Crippen LogP contribution < -0.4 is 29.9 Å². The molecule has 2 unspecified atom stereocenters. The molecule has 0 fully saturated rings. The second-order valence-corrected chi connectivity index (χ2v) is 7.96. The zero-order valence-electron chi connectivity index (χ0n) is 18.1. The Hall–Kier alpha value is -4.46. The lowest BCUT2D eigenvalue weighted by Crippen LogP contribution is -2.35. The summed E-state index contributed by atoms with van der Waals surface area (Å²) < 4.78 is 28.4. The summed E-state index contributed by atoms with van der Waals surface area (Å²) in [5.74, 6) is 0.555. The quantitative estimate of drug-likeness (QED) is 0.462. The lowest BCUT2D eigenvalue weighted by molar-refractivity contribution is -0.122. The van der Waals surface area contributed by atoms with Crippen LogP contribution in [0.25, 0.3) is 11.0 Å². The fourth-order valence-electron chi connectivity index (χ4n) is 4.49. The monoisotopic (exact) mass is 457 g/mol. The Kier molecular flexibility index (Phi) is 4.65. The van der Waals surface area contributed by atoms with Crippen LogP contribution in [-0.2, 0) is 4.79 Å². The van der Waals surface area contributed by atoms with Crippen molar-refractivity contribution in [1.82, 2.24) is 0 Å². The molecule has 0 spiro atoms. The molecular formula is C26H19NO7. The Morgan fingerprint density at radius 2 is 1.79 bits per heavy atom. The minimum atomic E-state index is -1.03. The van der Waals surface area contributed by atoms with Gasteiger partial charge in [0.15, 0.2) is 17.6 Å². The molecule has 8 heteroatoms. The second kappa shape index (κ2) is 7.84. The van der Waals surface area contributed by atoms with E-state index in [2.05, 4.69) is 5.32 Å². The van der Waals surface area contributed by atoms with E-state index in [1.165, 1.54) is 7.11 Å². The van der Waals surface area contributed by atoms with Gasteiger partial charge in [-0.15, -0.1) is 0 Å². The number of hydrogen-bond donors (Lipinski definition) is 1. The minimum Gasteiger partial charge on any atom is -0.493 e. The summed E-state index contributed by atoms with van der Waals surface area (Å²) in [5.41, 5.74) is 1.32. The maximum Gasteiger partial charge on any atom is 0.344 e. The predicted octanol–water partition coefficient (Wildman–Crippen LogP) is 4.06. The Morgan fingerprint density at radius 1 is 1.00 bits per heavy atom. The van der Waals surface area contributed by atoms with Crippen molar-refractivity contribution < 1.29 is 28.2 Å². The smallest absolute Gasteiger partial charge is 0.344 e. The van der Waals surface area contributed by atoms with Crippen LogP contribution in [-0.4, -0.2) is 25.9 Å². The van der Waals surface area contributed by atoms with Gasteiger partial charge in [0.05, 0.1) is 24.0 Å². The first-order valence-corrected chi connectivity index (χ1v) is 10.7. The molecule has 0 radical (unpaired) electrons. The molecule has 1 amide bonds. The van der Waals surface area contributed by atoms with Crippen molar-refractivity contribution in [2.45, 2.75) is 12.0 Å². The molecular weight excluding hydrogens is 438 g/mol. The summed E-state index contributed by atoms with van der Waals surface area (Å²) in [5, 5.41) is 3.50. The largest absolute Gasteiger partial charge is 0.493 e. The lowest BCUT2D eigenvalue weighted by Gasteiger charge is -2.20. The van der Waals surface area contributed by atoms with Crippen molar-refractivity contribution in [2.75, 3.05) is 19.2 Å². The van der Waals surface area contributed by atoms with Gasteiger partial charge in [0.25, 0.3) is 5.91 Å². The predicted molar refractivity (Wildman–Crippen MR) is 123 cm³/mol. The fourth-order valence-corrected chi connectivity index (χ4v) is 4.49. The average molecular weight is 457 g/mol. The number of nitrogens with one attached hydrogen (secondary N) is 1. The maximum absolute atomic E-state index is 13.4. The maximum atomic E-state index is 13.4. The van der Waals surface area contributed by atoms with Crippen molar-refractivity contribution in [3.63, 3.8) is 0 Å². The van der Waals surface area contributed by atoms with Gasteiger partial charge in [-0.3, -0.25) is 4.79 Å². The first-order chi connectivity index (χ1) is 16.6. The highest BCUT2D eigenvalue weighted by Gasteiger charge is 2.45. The van der Waals surface area contributed by atoms with E-state index in [1.807, 2.05) is 24.3 Å². The SMILES string of the molecule is COc1cc(C2c3c(c4ccccc4oc3=O)OC2C(=O)Nc2ccccc2)cc2c1OCO2. The molecule has 0 saturated carbocycles. The van der Waals surface area contributed by atoms with Crippen molar-refractivity contribution in [3.8, 4) is 23.0 Å². The van der Waals surface area contributed by atoms with Crippen molar-refractivity contribution >= 4 is 22.6 Å². The summed E-state index contributed by atoms with van der Waals surface area (Å²) in [7, 11) is 1.52. The molecule has 2 atom stereocenters. The van der Waals surface area contributed by atoms with Crippen molar-refractivity contribution in [1.29, 1.82) is 0 Å². The van der Waals surface area contributed by atoms with E-state index in [9.17, 15) is 9.59 Å². The first-order valence-electron chi connectivity index (χ1n) is 10.7. The Labute approximate surface area is 193 Å². The van der Waals surface area contributed by atoms with Crippen LogP contribution in [0, 0.1) is 0 Å². The summed E-state index contributed by atoms with van der Waals surface area (Å²) in [6.07, 6.45) is -1.03.